The van der Waals surface area contributed by atoms with Crippen LogP contribution in [0.15, 0.2) is 39.3 Å². The monoisotopic (exact) mass is 450 g/mol. The molecule has 1 aliphatic rings. The maximum Gasteiger partial charge on any atom is 0.162 e. The minimum Gasteiger partial charge on any atom is -0.486 e. The fourth-order valence-corrected chi connectivity index (χ4v) is 4.05. The van der Waals surface area contributed by atoms with Crippen LogP contribution in [0.25, 0.3) is 0 Å². The molecule has 1 heterocycles. The zero-order chi connectivity index (χ0) is 15.0. The van der Waals surface area contributed by atoms with Crippen LogP contribution in [0, 0.1) is 0 Å². The first kappa shape index (κ1) is 15.5. The number of fused-ring (bicyclic) bond motifs is 1. The van der Waals surface area contributed by atoms with Crippen LogP contribution in [0.4, 0.5) is 0 Å². The summed E-state index contributed by atoms with van der Waals surface area (Å²) < 4.78 is 12.9. The molecule has 0 spiro atoms. The Labute approximate surface area is 149 Å². The van der Waals surface area contributed by atoms with Crippen molar-refractivity contribution in [3.8, 4) is 11.5 Å². The van der Waals surface area contributed by atoms with E-state index in [0.717, 1.165) is 25.8 Å². The number of alkyl halides is 1. The van der Waals surface area contributed by atoms with Crippen LogP contribution >= 0.6 is 55.1 Å². The lowest BCUT2D eigenvalue weighted by Crippen LogP contribution is -2.15. The Morgan fingerprint density at radius 1 is 0.952 bits per heavy atom. The molecule has 1 aliphatic heterocycles. The maximum absolute atomic E-state index is 6.62. The van der Waals surface area contributed by atoms with Gasteiger partial charge in [-0.05, 0) is 41.5 Å². The van der Waals surface area contributed by atoms with Crippen molar-refractivity contribution in [2.24, 2.45) is 0 Å². The second kappa shape index (κ2) is 6.37. The van der Waals surface area contributed by atoms with Gasteiger partial charge in [0.25, 0.3) is 0 Å². The predicted octanol–water partition coefficient (Wildman–Crippen LogP) is 5.96. The lowest BCUT2D eigenvalue weighted by Gasteiger charge is -2.21. The highest BCUT2D eigenvalue weighted by atomic mass is 79.9. The van der Waals surface area contributed by atoms with Gasteiger partial charge in [0.05, 0.1) is 5.38 Å². The van der Waals surface area contributed by atoms with Gasteiger partial charge in [-0.3, -0.25) is 0 Å². The van der Waals surface area contributed by atoms with Gasteiger partial charge in [0, 0.05) is 14.0 Å². The molecule has 110 valence electrons. The van der Waals surface area contributed by atoms with Gasteiger partial charge in [-0.1, -0.05) is 43.5 Å². The molecule has 1 atom stereocenters. The first-order chi connectivity index (χ1) is 10.0. The molecule has 0 N–H and O–H groups in total. The molecule has 2 nitrogen and oxygen atoms in total. The fraction of sp³-hybridized carbons (Fsp3) is 0.200. The van der Waals surface area contributed by atoms with Crippen LogP contribution in [-0.4, -0.2) is 13.2 Å². The van der Waals surface area contributed by atoms with Crippen LogP contribution in [0.1, 0.15) is 16.5 Å². The molecular weight excluding hydrogens is 443 g/mol. The molecule has 1 unspecified atom stereocenters. The Balaban J connectivity index is 2.02. The molecule has 3 rings (SSSR count). The Morgan fingerprint density at radius 2 is 1.62 bits per heavy atom. The molecule has 0 amide bonds. The van der Waals surface area contributed by atoms with E-state index in [2.05, 4.69) is 31.9 Å². The number of hydrogen-bond acceptors (Lipinski definition) is 2. The molecule has 0 aliphatic carbocycles. The lowest BCUT2D eigenvalue weighted by atomic mass is 10.0. The van der Waals surface area contributed by atoms with Crippen molar-refractivity contribution < 1.29 is 9.47 Å². The molecule has 21 heavy (non-hydrogen) atoms. The Morgan fingerprint density at radius 3 is 2.29 bits per heavy atom. The summed E-state index contributed by atoms with van der Waals surface area (Å²) in [7, 11) is 0. The number of rotatable bonds is 2. The van der Waals surface area contributed by atoms with E-state index in [9.17, 15) is 0 Å². The van der Waals surface area contributed by atoms with Crippen molar-refractivity contribution in [2.75, 3.05) is 13.2 Å². The van der Waals surface area contributed by atoms with Gasteiger partial charge in [0.15, 0.2) is 11.5 Å². The summed E-state index contributed by atoms with van der Waals surface area (Å²) in [5, 5.41) is 0.295. The van der Waals surface area contributed by atoms with E-state index in [0.29, 0.717) is 24.0 Å². The topological polar surface area (TPSA) is 18.5 Å². The Bertz CT molecular complexity index is 671. The molecule has 0 saturated heterocycles. The number of halogens is 4. The summed E-state index contributed by atoms with van der Waals surface area (Å²) in [6.07, 6.45) is 0. The van der Waals surface area contributed by atoms with E-state index >= 15 is 0 Å². The van der Waals surface area contributed by atoms with Gasteiger partial charge in [-0.15, -0.1) is 11.6 Å². The number of benzene rings is 2. The molecular formula is C15H10Br2Cl2O2. The van der Waals surface area contributed by atoms with Gasteiger partial charge in [-0.2, -0.15) is 0 Å². The van der Waals surface area contributed by atoms with Gasteiger partial charge >= 0.3 is 0 Å². The van der Waals surface area contributed by atoms with E-state index in [-0.39, 0.29) is 5.38 Å². The minimum atomic E-state index is -0.342. The summed E-state index contributed by atoms with van der Waals surface area (Å²) in [6, 6.07) is 9.43. The normalized spacial score (nSPS) is 14.9. The summed E-state index contributed by atoms with van der Waals surface area (Å²) >= 11 is 19.7. The molecule has 0 aromatic heterocycles. The van der Waals surface area contributed by atoms with Gasteiger partial charge in [-0.25, -0.2) is 0 Å². The van der Waals surface area contributed by atoms with E-state index in [1.54, 1.807) is 0 Å². The smallest absolute Gasteiger partial charge is 0.162 e. The second-order valence-electron chi connectivity index (χ2n) is 4.58. The van der Waals surface area contributed by atoms with Crippen molar-refractivity contribution in [2.45, 2.75) is 5.38 Å². The Hall–Kier alpha value is -0.420. The third kappa shape index (κ3) is 3.34. The van der Waals surface area contributed by atoms with Crippen LogP contribution in [0.2, 0.25) is 5.02 Å². The SMILES string of the molecule is Clc1cc(Br)cc(C(Cl)c2cc3c(cc2Br)OCCO3)c1. The maximum atomic E-state index is 6.62. The average Bonchev–Trinajstić information content (AvgIpc) is 2.44. The van der Waals surface area contributed by atoms with Crippen molar-refractivity contribution in [1.82, 2.24) is 0 Å². The molecule has 0 fully saturated rings. The van der Waals surface area contributed by atoms with Crippen molar-refractivity contribution in [3.63, 3.8) is 0 Å². The Kier molecular flexibility index (Phi) is 4.69. The number of hydrogen-bond donors (Lipinski definition) is 0. The van der Waals surface area contributed by atoms with Gasteiger partial charge in [0.1, 0.15) is 13.2 Å². The van der Waals surface area contributed by atoms with Crippen LogP contribution in [0.3, 0.4) is 0 Å². The highest BCUT2D eigenvalue weighted by molar-refractivity contribution is 9.10. The molecule has 2 aromatic carbocycles. The zero-order valence-electron chi connectivity index (χ0n) is 10.7. The fourth-order valence-electron chi connectivity index (χ4n) is 2.17. The summed E-state index contributed by atoms with van der Waals surface area (Å²) in [5.74, 6) is 1.44. The molecule has 6 heteroatoms. The van der Waals surface area contributed by atoms with Crippen LogP contribution in [-0.2, 0) is 0 Å². The standard InChI is InChI=1S/C15H10Br2Cl2O2/c16-9-3-8(4-10(18)5-9)15(19)11-6-13-14(7-12(11)17)21-2-1-20-13/h3-7,15H,1-2H2. The summed E-state index contributed by atoms with van der Waals surface area (Å²) in [5.41, 5.74) is 1.82. The molecule has 2 aromatic rings. The van der Waals surface area contributed by atoms with Crippen molar-refractivity contribution >= 4 is 55.1 Å². The number of ether oxygens (including phenoxy) is 2. The molecule has 0 bridgehead atoms. The van der Waals surface area contributed by atoms with E-state index in [4.69, 9.17) is 32.7 Å². The largest absolute Gasteiger partial charge is 0.486 e. The molecule has 0 radical (unpaired) electrons. The minimum absolute atomic E-state index is 0.342. The third-order valence-electron chi connectivity index (χ3n) is 3.11. The highest BCUT2D eigenvalue weighted by Crippen LogP contribution is 2.42. The summed E-state index contributed by atoms with van der Waals surface area (Å²) in [6.45, 7) is 1.11. The third-order valence-corrected chi connectivity index (χ3v) is 4.96. The second-order valence-corrected chi connectivity index (χ2v) is 7.23. The van der Waals surface area contributed by atoms with Crippen LogP contribution in [0.5, 0.6) is 11.5 Å². The zero-order valence-corrected chi connectivity index (χ0v) is 15.4. The van der Waals surface area contributed by atoms with Crippen molar-refractivity contribution in [3.05, 3.63) is 55.4 Å². The van der Waals surface area contributed by atoms with E-state index in [1.807, 2.05) is 30.3 Å². The quantitative estimate of drug-likeness (QED) is 0.523. The first-order valence-electron chi connectivity index (χ1n) is 6.23. The highest BCUT2D eigenvalue weighted by Gasteiger charge is 2.20. The van der Waals surface area contributed by atoms with Gasteiger partial charge < -0.3 is 9.47 Å². The van der Waals surface area contributed by atoms with E-state index < -0.39 is 0 Å². The average molecular weight is 453 g/mol. The van der Waals surface area contributed by atoms with Crippen LogP contribution < -0.4 is 9.47 Å². The predicted molar refractivity (Wildman–Crippen MR) is 92.0 cm³/mol. The van der Waals surface area contributed by atoms with E-state index in [1.165, 1.54) is 0 Å². The lowest BCUT2D eigenvalue weighted by molar-refractivity contribution is 0.171. The van der Waals surface area contributed by atoms with Crippen molar-refractivity contribution in [1.29, 1.82) is 0 Å². The van der Waals surface area contributed by atoms with Gasteiger partial charge in [0.2, 0.25) is 0 Å². The molecule has 0 saturated carbocycles. The first-order valence-corrected chi connectivity index (χ1v) is 8.64. The summed E-state index contributed by atoms with van der Waals surface area (Å²) in [4.78, 5) is 0.